The maximum absolute atomic E-state index is 8.25. The van der Waals surface area contributed by atoms with Crippen LogP contribution in [0.2, 0.25) is 0 Å². The van der Waals surface area contributed by atoms with Gasteiger partial charge in [0.05, 0.1) is 0 Å². The normalized spacial score (nSPS) is 0.750. The topological polar surface area (TPSA) is 17.1 Å². The summed E-state index contributed by atoms with van der Waals surface area (Å²) in [6.45, 7) is 0. The second-order valence-electron chi connectivity index (χ2n) is 0. The first-order valence-corrected chi connectivity index (χ1v) is 0.842. The van der Waals surface area contributed by atoms with Gasteiger partial charge in [-0.25, -0.2) is 0 Å². The molecule has 4 heavy (non-hydrogen) atoms. The van der Waals surface area contributed by atoms with Crippen molar-refractivity contribution in [2.75, 3.05) is 0 Å². The van der Waals surface area contributed by atoms with Gasteiger partial charge >= 0.3 is 42.6 Å². The monoisotopic (exact) mass is 130 g/mol. The van der Waals surface area contributed by atoms with Crippen molar-refractivity contribution in [3.05, 3.63) is 0 Å². The van der Waals surface area contributed by atoms with Gasteiger partial charge in [0.1, 0.15) is 0 Å². The molecule has 0 aromatic carbocycles. The fraction of sp³-hybridized carbons (Fsp3) is 0. The fourth-order valence-electron chi connectivity index (χ4n) is 0. The number of hydrogen-bond donors (Lipinski definition) is 0. The molecule has 0 rings (SSSR count). The van der Waals surface area contributed by atoms with Crippen molar-refractivity contribution in [2.24, 2.45) is 0 Å². The molecular weight excluding hydrogens is 130 g/mol. The van der Waals surface area contributed by atoms with Gasteiger partial charge in [-0.2, -0.15) is 0 Å². The minimum atomic E-state index is 0. The van der Waals surface area contributed by atoms with Gasteiger partial charge in [0, 0.05) is 16.5 Å². The van der Waals surface area contributed by atoms with Gasteiger partial charge < -0.3 is 1.43 Å². The molecule has 0 heterocycles. The van der Waals surface area contributed by atoms with Crippen LogP contribution in [0.5, 0.6) is 0 Å². The molecule has 4 heteroatoms. The number of hydrogen-bond acceptors (Lipinski definition) is 1. The van der Waals surface area contributed by atoms with E-state index in [2.05, 4.69) is 0 Å². The Bertz CT molecular complexity index is 11.6. The maximum atomic E-state index is 8.25. The summed E-state index contributed by atoms with van der Waals surface area (Å²) in [4.78, 5) is 0. The zero-order valence-corrected chi connectivity index (χ0v) is 4.77. The van der Waals surface area contributed by atoms with Crippen LogP contribution in [-0.2, 0) is 40.2 Å². The zero-order valence-electron chi connectivity index (χ0n) is 3.22. The standard InChI is InChI=1S/Li.Ni.O.Ti.H/q+1;;;;-1. The van der Waals surface area contributed by atoms with Crippen LogP contribution in [0.25, 0.3) is 0 Å². The first-order chi connectivity index (χ1) is 1.00. The SMILES string of the molecule is [H-].[Li+].[Ni].[O]=[Ti]. The third-order valence-electron chi connectivity index (χ3n) is 0. The van der Waals surface area contributed by atoms with Gasteiger partial charge in [0.25, 0.3) is 0 Å². The van der Waals surface area contributed by atoms with E-state index in [1.807, 2.05) is 0 Å². The average molecular weight is 131 g/mol. The van der Waals surface area contributed by atoms with Crippen LogP contribution >= 0.6 is 0 Å². The van der Waals surface area contributed by atoms with E-state index < -0.39 is 0 Å². The average Bonchev–Trinajstić information content (AvgIpc) is 1.00. The predicted octanol–water partition coefficient (Wildman–Crippen LogP) is -3.01. The Kier molecular flexibility index (Phi) is 102. The molecule has 0 aliphatic carbocycles. The van der Waals surface area contributed by atoms with E-state index in [0.717, 1.165) is 20.4 Å². The molecule has 0 bridgehead atoms. The second kappa shape index (κ2) is 23.2. The molecule has 0 N–H and O–H groups in total. The summed E-state index contributed by atoms with van der Waals surface area (Å²) in [5.74, 6) is 0. The van der Waals surface area contributed by atoms with E-state index in [9.17, 15) is 0 Å². The quantitative estimate of drug-likeness (QED) is 0.320. The Morgan fingerprint density at radius 1 is 1.50 bits per heavy atom. The van der Waals surface area contributed by atoms with Gasteiger partial charge in [-0.3, -0.25) is 0 Å². The Balaban J connectivity index is -0.00000000167. The summed E-state index contributed by atoms with van der Waals surface area (Å²) in [5, 5.41) is 0. The van der Waals surface area contributed by atoms with Crippen molar-refractivity contribution in [1.29, 1.82) is 0 Å². The summed E-state index contributed by atoms with van der Waals surface area (Å²) in [6, 6.07) is 0. The molecule has 0 fully saturated rings. The number of rotatable bonds is 0. The van der Waals surface area contributed by atoms with Crippen molar-refractivity contribution in [3.8, 4) is 0 Å². The van der Waals surface area contributed by atoms with Crippen LogP contribution in [-0.4, -0.2) is 0 Å². The third kappa shape index (κ3) is 9.50. The molecule has 0 atom stereocenters. The first kappa shape index (κ1) is 17.5. The van der Waals surface area contributed by atoms with Crippen LogP contribution in [0.3, 0.4) is 0 Å². The van der Waals surface area contributed by atoms with Crippen LogP contribution < -0.4 is 18.9 Å². The van der Waals surface area contributed by atoms with E-state index >= 15 is 0 Å². The van der Waals surface area contributed by atoms with E-state index in [1.54, 1.807) is 0 Å². The van der Waals surface area contributed by atoms with Crippen molar-refractivity contribution in [2.45, 2.75) is 0 Å². The summed E-state index contributed by atoms with van der Waals surface area (Å²) in [5.41, 5.74) is 0. The molecule has 0 unspecified atom stereocenters. The van der Waals surface area contributed by atoms with Crippen LogP contribution in [0.15, 0.2) is 0 Å². The molecular formula is HLiNiOTi. The summed E-state index contributed by atoms with van der Waals surface area (Å²) in [7, 11) is 0. The Labute approximate surface area is 60.2 Å². The summed E-state index contributed by atoms with van der Waals surface area (Å²) >= 11 is 0.750. The van der Waals surface area contributed by atoms with Crippen LogP contribution in [0.4, 0.5) is 0 Å². The Hall–Kier alpha value is 1.61. The van der Waals surface area contributed by atoms with Gasteiger partial charge in [-0.1, -0.05) is 0 Å². The first-order valence-electron chi connectivity index (χ1n) is 0.204. The van der Waals surface area contributed by atoms with E-state index in [-0.39, 0.29) is 36.8 Å². The van der Waals surface area contributed by atoms with Gasteiger partial charge in [0.2, 0.25) is 0 Å². The Morgan fingerprint density at radius 2 is 1.50 bits per heavy atom. The summed E-state index contributed by atoms with van der Waals surface area (Å²) < 4.78 is 8.25. The van der Waals surface area contributed by atoms with Crippen LogP contribution in [0, 0.1) is 0 Å². The van der Waals surface area contributed by atoms with E-state index in [4.69, 9.17) is 3.32 Å². The fourth-order valence-corrected chi connectivity index (χ4v) is 0. The molecule has 0 aromatic rings. The van der Waals surface area contributed by atoms with Crippen molar-refractivity contribution >= 4 is 0 Å². The third-order valence-corrected chi connectivity index (χ3v) is 0. The molecule has 0 spiro atoms. The van der Waals surface area contributed by atoms with Gasteiger partial charge in [-0.05, 0) is 0 Å². The van der Waals surface area contributed by atoms with Crippen molar-refractivity contribution < 1.29 is 60.5 Å². The van der Waals surface area contributed by atoms with Gasteiger partial charge in [0.15, 0.2) is 0 Å². The molecule has 0 amide bonds. The molecule has 22 valence electrons. The minimum absolute atomic E-state index is 0. The summed E-state index contributed by atoms with van der Waals surface area (Å²) in [6.07, 6.45) is 0. The van der Waals surface area contributed by atoms with E-state index in [0.29, 0.717) is 0 Å². The van der Waals surface area contributed by atoms with Crippen LogP contribution in [0.1, 0.15) is 1.43 Å². The molecule has 0 saturated carbocycles. The van der Waals surface area contributed by atoms with Gasteiger partial charge in [-0.15, -0.1) is 0 Å². The van der Waals surface area contributed by atoms with Crippen molar-refractivity contribution in [1.82, 2.24) is 0 Å². The van der Waals surface area contributed by atoms with E-state index in [1.165, 1.54) is 0 Å². The predicted molar refractivity (Wildman–Crippen MR) is 1.80 cm³/mol. The molecule has 0 aromatic heterocycles. The zero-order chi connectivity index (χ0) is 2.00. The molecule has 0 aliphatic rings. The molecule has 0 radical (unpaired) electrons. The molecule has 1 nitrogen and oxygen atoms in total. The molecule has 0 saturated heterocycles. The second-order valence-corrected chi connectivity index (χ2v) is 0. The Morgan fingerprint density at radius 3 is 1.50 bits per heavy atom. The molecule has 0 aliphatic heterocycles. The van der Waals surface area contributed by atoms with Crippen molar-refractivity contribution in [3.63, 3.8) is 0 Å².